The lowest BCUT2D eigenvalue weighted by Crippen LogP contribution is -2.41. The Labute approximate surface area is 137 Å². The molecule has 0 aliphatic rings. The first-order valence-corrected chi connectivity index (χ1v) is 8.03. The number of sulfonamides is 1. The van der Waals surface area contributed by atoms with Crippen molar-refractivity contribution in [3.8, 4) is 5.75 Å². The van der Waals surface area contributed by atoms with Gasteiger partial charge in [-0.25, -0.2) is 8.42 Å². The fraction of sp³-hybridized carbons (Fsp3) is 0.0714. The monoisotopic (exact) mass is 351 g/mol. The molecule has 0 aromatic heterocycles. The first kappa shape index (κ1) is 17.4. The molecule has 0 bridgehead atoms. The summed E-state index contributed by atoms with van der Waals surface area (Å²) in [5, 5.41) is 10.9. The van der Waals surface area contributed by atoms with Gasteiger partial charge in [-0.3, -0.25) is 20.3 Å². The van der Waals surface area contributed by atoms with Gasteiger partial charge >= 0.3 is 0 Å². The molecule has 2 N–H and O–H groups in total. The highest BCUT2D eigenvalue weighted by Gasteiger charge is 2.25. The second kappa shape index (κ2) is 7.06. The van der Waals surface area contributed by atoms with Gasteiger partial charge in [0.25, 0.3) is 21.6 Å². The number of nitrogens with one attached hydrogen (secondary N) is 2. The van der Waals surface area contributed by atoms with E-state index in [-0.39, 0.29) is 11.3 Å². The van der Waals surface area contributed by atoms with Gasteiger partial charge in [0, 0.05) is 6.07 Å². The minimum Gasteiger partial charge on any atom is -0.496 e. The number of nitro benzene ring substituents is 1. The van der Waals surface area contributed by atoms with Crippen molar-refractivity contribution in [2.24, 2.45) is 0 Å². The van der Waals surface area contributed by atoms with E-state index >= 15 is 0 Å². The predicted molar refractivity (Wildman–Crippen MR) is 83.9 cm³/mol. The van der Waals surface area contributed by atoms with Gasteiger partial charge in [0.2, 0.25) is 0 Å². The number of ether oxygens (including phenoxy) is 1. The number of nitrogens with zero attached hydrogens (tertiary/aromatic N) is 1. The lowest BCUT2D eigenvalue weighted by Gasteiger charge is -2.10. The Bertz CT molecular complexity index is 882. The summed E-state index contributed by atoms with van der Waals surface area (Å²) in [5.74, 6) is -0.519. The third-order valence-corrected chi connectivity index (χ3v) is 4.30. The van der Waals surface area contributed by atoms with Gasteiger partial charge < -0.3 is 4.74 Å². The molecule has 0 saturated heterocycles. The summed E-state index contributed by atoms with van der Waals surface area (Å²) >= 11 is 0. The van der Waals surface area contributed by atoms with Crippen LogP contribution in [0.3, 0.4) is 0 Å². The fourth-order valence-corrected chi connectivity index (χ4v) is 2.92. The summed E-state index contributed by atoms with van der Waals surface area (Å²) in [4.78, 5) is 23.4. The van der Waals surface area contributed by atoms with Crippen molar-refractivity contribution in [1.82, 2.24) is 10.3 Å². The van der Waals surface area contributed by atoms with Crippen LogP contribution in [-0.2, 0) is 10.0 Å². The minimum absolute atomic E-state index is 0.102. The Balaban J connectivity index is 2.22. The third kappa shape index (κ3) is 3.67. The van der Waals surface area contributed by atoms with E-state index in [1.54, 1.807) is 12.1 Å². The molecule has 0 atom stereocenters. The molecule has 2 aromatic carbocycles. The van der Waals surface area contributed by atoms with E-state index in [2.05, 4.69) is 0 Å². The molecule has 1 amide bonds. The van der Waals surface area contributed by atoms with Crippen LogP contribution in [0.1, 0.15) is 10.4 Å². The van der Waals surface area contributed by atoms with Gasteiger partial charge in [-0.1, -0.05) is 24.3 Å². The number of amides is 1. The summed E-state index contributed by atoms with van der Waals surface area (Å²) in [5.41, 5.74) is 1.50. The second-order valence-electron chi connectivity index (χ2n) is 4.48. The lowest BCUT2D eigenvalue weighted by molar-refractivity contribution is -0.387. The van der Waals surface area contributed by atoms with Crippen LogP contribution in [0, 0.1) is 10.1 Å². The van der Waals surface area contributed by atoms with E-state index in [0.29, 0.717) is 0 Å². The number of hydrogen-bond donors (Lipinski definition) is 2. The summed E-state index contributed by atoms with van der Waals surface area (Å²) < 4.78 is 29.4. The molecule has 9 nitrogen and oxygen atoms in total. The van der Waals surface area contributed by atoms with Crippen molar-refractivity contribution in [2.75, 3.05) is 7.11 Å². The number of para-hydroxylation sites is 2. The first-order valence-electron chi connectivity index (χ1n) is 6.55. The number of benzene rings is 2. The standard InChI is InChI=1S/C14H13N3O6S/c1-23-12-8-4-2-6-10(12)14(18)15-16-24(21,22)13-9-5-3-7-11(13)17(19)20/h2-9,16H,1H3,(H,15,18). The molecular weight excluding hydrogens is 338 g/mol. The Morgan fingerprint density at radius 3 is 2.42 bits per heavy atom. The molecule has 10 heteroatoms. The molecule has 0 radical (unpaired) electrons. The second-order valence-corrected chi connectivity index (χ2v) is 6.14. The van der Waals surface area contributed by atoms with E-state index in [1.165, 1.54) is 31.4 Å². The van der Waals surface area contributed by atoms with E-state index in [1.807, 2.05) is 10.3 Å². The van der Waals surface area contributed by atoms with Crippen LogP contribution in [-0.4, -0.2) is 26.4 Å². The molecule has 2 rings (SSSR count). The fourth-order valence-electron chi connectivity index (χ4n) is 1.90. The zero-order chi connectivity index (χ0) is 17.7. The van der Waals surface area contributed by atoms with Gasteiger partial charge in [-0.2, -0.15) is 0 Å². The van der Waals surface area contributed by atoms with Crippen LogP contribution in [0.2, 0.25) is 0 Å². The summed E-state index contributed by atoms with van der Waals surface area (Å²) in [6.07, 6.45) is 0. The van der Waals surface area contributed by atoms with Crippen molar-refractivity contribution < 1.29 is 22.9 Å². The number of carbonyl (C=O) groups excluding carboxylic acids is 1. The lowest BCUT2D eigenvalue weighted by atomic mass is 10.2. The van der Waals surface area contributed by atoms with Crippen LogP contribution in [0.25, 0.3) is 0 Å². The van der Waals surface area contributed by atoms with E-state index in [4.69, 9.17) is 4.74 Å². The molecule has 0 spiro atoms. The summed E-state index contributed by atoms with van der Waals surface area (Å²) in [6.45, 7) is 0. The highest BCUT2D eigenvalue weighted by atomic mass is 32.2. The molecule has 0 aliphatic carbocycles. The summed E-state index contributed by atoms with van der Waals surface area (Å²) in [6, 6.07) is 11.0. The van der Waals surface area contributed by atoms with Gasteiger partial charge in [0.05, 0.1) is 17.6 Å². The number of rotatable bonds is 6. The maximum atomic E-state index is 12.2. The highest BCUT2D eigenvalue weighted by Crippen LogP contribution is 2.22. The molecule has 0 unspecified atom stereocenters. The van der Waals surface area contributed by atoms with Crippen molar-refractivity contribution in [3.05, 3.63) is 64.2 Å². The molecule has 2 aromatic rings. The molecule has 126 valence electrons. The van der Waals surface area contributed by atoms with Gasteiger partial charge in [-0.15, -0.1) is 4.83 Å². The molecule has 0 heterocycles. The van der Waals surface area contributed by atoms with Crippen molar-refractivity contribution in [1.29, 1.82) is 0 Å². The smallest absolute Gasteiger partial charge is 0.289 e. The Morgan fingerprint density at radius 1 is 1.12 bits per heavy atom. The van der Waals surface area contributed by atoms with Gasteiger partial charge in [-0.05, 0) is 18.2 Å². The zero-order valence-electron chi connectivity index (χ0n) is 12.4. The number of nitro groups is 1. The zero-order valence-corrected chi connectivity index (χ0v) is 13.2. The maximum Gasteiger partial charge on any atom is 0.289 e. The topological polar surface area (TPSA) is 128 Å². The Hall–Kier alpha value is -2.98. The molecular formula is C14H13N3O6S. The average molecular weight is 351 g/mol. The minimum atomic E-state index is -4.32. The van der Waals surface area contributed by atoms with E-state index in [9.17, 15) is 23.3 Å². The number of hydrazine groups is 1. The highest BCUT2D eigenvalue weighted by molar-refractivity contribution is 7.89. The van der Waals surface area contributed by atoms with Crippen LogP contribution in [0.15, 0.2) is 53.4 Å². The molecule has 0 fully saturated rings. The van der Waals surface area contributed by atoms with Gasteiger partial charge in [0.1, 0.15) is 5.75 Å². The number of carbonyl (C=O) groups is 1. The Kier molecular flexibility index (Phi) is 5.11. The van der Waals surface area contributed by atoms with Crippen LogP contribution >= 0.6 is 0 Å². The van der Waals surface area contributed by atoms with E-state index in [0.717, 1.165) is 12.1 Å². The molecule has 0 saturated carbocycles. The molecule has 24 heavy (non-hydrogen) atoms. The van der Waals surface area contributed by atoms with Crippen molar-refractivity contribution in [3.63, 3.8) is 0 Å². The Morgan fingerprint density at radius 2 is 1.75 bits per heavy atom. The quantitative estimate of drug-likeness (QED) is 0.595. The third-order valence-electron chi connectivity index (χ3n) is 3.00. The SMILES string of the molecule is COc1ccccc1C(=O)NNS(=O)(=O)c1ccccc1[N+](=O)[O-]. The van der Waals surface area contributed by atoms with Crippen LogP contribution in [0.5, 0.6) is 5.75 Å². The van der Waals surface area contributed by atoms with Crippen molar-refractivity contribution in [2.45, 2.75) is 4.90 Å². The normalized spacial score (nSPS) is 10.9. The summed E-state index contributed by atoms with van der Waals surface area (Å²) in [7, 11) is -2.96. The largest absolute Gasteiger partial charge is 0.496 e. The van der Waals surface area contributed by atoms with Crippen LogP contribution < -0.4 is 15.0 Å². The molecule has 0 aliphatic heterocycles. The maximum absolute atomic E-state index is 12.2. The van der Waals surface area contributed by atoms with E-state index < -0.39 is 31.4 Å². The average Bonchev–Trinajstić information content (AvgIpc) is 2.59. The number of hydrogen-bond acceptors (Lipinski definition) is 6. The first-order chi connectivity index (χ1) is 11.4. The van der Waals surface area contributed by atoms with Gasteiger partial charge in [0.15, 0.2) is 4.90 Å². The van der Waals surface area contributed by atoms with Crippen LogP contribution in [0.4, 0.5) is 5.69 Å². The van der Waals surface area contributed by atoms with Crippen molar-refractivity contribution >= 4 is 21.6 Å². The predicted octanol–water partition coefficient (Wildman–Crippen LogP) is 1.23. The number of methoxy groups -OCH3 is 1.